The lowest BCUT2D eigenvalue weighted by molar-refractivity contribution is 0.0936. The van der Waals surface area contributed by atoms with Crippen LogP contribution in [-0.2, 0) is 12.8 Å². The van der Waals surface area contributed by atoms with Gasteiger partial charge in [-0.15, -0.1) is 0 Å². The van der Waals surface area contributed by atoms with Gasteiger partial charge in [0, 0.05) is 18.2 Å². The second-order valence-corrected chi connectivity index (χ2v) is 5.59. The Morgan fingerprint density at radius 3 is 2.90 bits per heavy atom. The molecule has 1 aliphatic carbocycles. The minimum absolute atomic E-state index is 0.0578. The molecule has 0 aromatic carbocycles. The normalized spacial score (nSPS) is 15.3. The molecule has 0 spiro atoms. The number of carbonyl (C=O) groups excluding carboxylic acids is 1. The Hall–Kier alpha value is -2.10. The molecule has 2 aromatic heterocycles. The smallest absolute Gasteiger partial charge is 0.255 e. The van der Waals surface area contributed by atoms with Gasteiger partial charge in [-0.05, 0) is 45.2 Å². The average Bonchev–Trinajstić information content (AvgIpc) is 2.83. The van der Waals surface area contributed by atoms with E-state index in [0.717, 1.165) is 54.0 Å². The Morgan fingerprint density at radius 2 is 2.14 bits per heavy atom. The van der Waals surface area contributed by atoms with Crippen LogP contribution in [0.5, 0.6) is 0 Å². The number of hydrogen-bond donors (Lipinski definition) is 1. The molecule has 1 aliphatic rings. The number of aryl methyl sites for hydroxylation is 2. The van der Waals surface area contributed by atoms with Gasteiger partial charge in [0.15, 0.2) is 0 Å². The number of fused-ring (bicyclic) bond motifs is 1. The maximum atomic E-state index is 12.6. The van der Waals surface area contributed by atoms with Crippen LogP contribution in [0.15, 0.2) is 28.8 Å². The molecule has 0 saturated heterocycles. The molecular formula is C17H20N2O2. The molecule has 3 rings (SSSR count). The molecule has 0 saturated carbocycles. The lowest BCUT2D eigenvalue weighted by Gasteiger charge is -2.15. The molecule has 4 nitrogen and oxygen atoms in total. The summed E-state index contributed by atoms with van der Waals surface area (Å²) < 4.78 is 5.77. The molecule has 1 amide bonds. The number of rotatable bonds is 3. The molecular weight excluding hydrogens is 264 g/mol. The summed E-state index contributed by atoms with van der Waals surface area (Å²) in [7, 11) is 0. The standard InChI is InChI=1S/C17H20N2O2/c1-11(14-8-5-6-10-18-14)19-17(20)16-12(2)21-15-9-4-3-7-13(15)16/h5-6,8,10-11H,3-4,7,9H2,1-2H3,(H,19,20)/t11-/m1/s1. The number of pyridine rings is 1. The van der Waals surface area contributed by atoms with Crippen molar-refractivity contribution in [2.24, 2.45) is 0 Å². The van der Waals surface area contributed by atoms with Crippen molar-refractivity contribution in [3.8, 4) is 0 Å². The van der Waals surface area contributed by atoms with Crippen LogP contribution in [0, 0.1) is 6.92 Å². The molecule has 0 fully saturated rings. The highest BCUT2D eigenvalue weighted by Crippen LogP contribution is 2.29. The van der Waals surface area contributed by atoms with Gasteiger partial charge in [-0.3, -0.25) is 9.78 Å². The largest absolute Gasteiger partial charge is 0.465 e. The van der Waals surface area contributed by atoms with E-state index in [4.69, 9.17) is 4.42 Å². The number of nitrogens with one attached hydrogen (secondary N) is 1. The fourth-order valence-electron chi connectivity index (χ4n) is 2.97. The first-order valence-corrected chi connectivity index (χ1v) is 7.49. The first kappa shape index (κ1) is 13.9. The maximum absolute atomic E-state index is 12.6. The molecule has 2 aromatic rings. The van der Waals surface area contributed by atoms with Crippen LogP contribution in [0.25, 0.3) is 0 Å². The van der Waals surface area contributed by atoms with Gasteiger partial charge in [-0.25, -0.2) is 0 Å². The Bertz CT molecular complexity index is 646. The van der Waals surface area contributed by atoms with Gasteiger partial charge < -0.3 is 9.73 Å². The van der Waals surface area contributed by atoms with Crippen LogP contribution in [0.4, 0.5) is 0 Å². The zero-order chi connectivity index (χ0) is 14.8. The summed E-state index contributed by atoms with van der Waals surface area (Å²) in [4.78, 5) is 16.9. The fourth-order valence-corrected chi connectivity index (χ4v) is 2.97. The summed E-state index contributed by atoms with van der Waals surface area (Å²) >= 11 is 0. The first-order chi connectivity index (χ1) is 10.2. The van der Waals surface area contributed by atoms with Gasteiger partial charge in [0.2, 0.25) is 0 Å². The van der Waals surface area contributed by atoms with E-state index in [1.54, 1.807) is 6.20 Å². The maximum Gasteiger partial charge on any atom is 0.255 e. The molecule has 0 radical (unpaired) electrons. The topological polar surface area (TPSA) is 55.1 Å². The Balaban J connectivity index is 1.81. The van der Waals surface area contributed by atoms with Crippen molar-refractivity contribution in [3.05, 3.63) is 52.7 Å². The summed E-state index contributed by atoms with van der Waals surface area (Å²) in [5, 5.41) is 3.03. The monoisotopic (exact) mass is 284 g/mol. The third-order valence-electron chi connectivity index (χ3n) is 4.05. The molecule has 0 bridgehead atoms. The number of furan rings is 1. The summed E-state index contributed by atoms with van der Waals surface area (Å²) in [5.74, 6) is 1.67. The minimum atomic E-state index is -0.118. The highest BCUT2D eigenvalue weighted by molar-refractivity contribution is 5.97. The molecule has 21 heavy (non-hydrogen) atoms. The second kappa shape index (κ2) is 5.72. The number of aromatic nitrogens is 1. The van der Waals surface area contributed by atoms with E-state index in [0.29, 0.717) is 0 Å². The van der Waals surface area contributed by atoms with E-state index in [1.807, 2.05) is 32.0 Å². The zero-order valence-corrected chi connectivity index (χ0v) is 12.5. The van der Waals surface area contributed by atoms with E-state index in [1.165, 1.54) is 0 Å². The van der Waals surface area contributed by atoms with Crippen LogP contribution < -0.4 is 5.32 Å². The van der Waals surface area contributed by atoms with Crippen LogP contribution in [0.1, 0.15) is 58.9 Å². The van der Waals surface area contributed by atoms with Crippen molar-refractivity contribution in [3.63, 3.8) is 0 Å². The summed E-state index contributed by atoms with van der Waals surface area (Å²) in [6.07, 6.45) is 5.89. The number of amides is 1. The molecule has 4 heteroatoms. The third kappa shape index (κ3) is 2.71. The predicted octanol–water partition coefficient (Wildman–Crippen LogP) is 3.35. The van der Waals surface area contributed by atoms with Gasteiger partial charge in [-0.1, -0.05) is 6.07 Å². The molecule has 110 valence electrons. The average molecular weight is 284 g/mol. The number of nitrogens with zero attached hydrogens (tertiary/aromatic N) is 1. The summed E-state index contributed by atoms with van der Waals surface area (Å²) in [5.41, 5.74) is 2.69. The predicted molar refractivity (Wildman–Crippen MR) is 80.2 cm³/mol. The summed E-state index contributed by atoms with van der Waals surface area (Å²) in [6, 6.07) is 5.60. The zero-order valence-electron chi connectivity index (χ0n) is 12.5. The van der Waals surface area contributed by atoms with E-state index < -0.39 is 0 Å². The SMILES string of the molecule is Cc1oc2c(c1C(=O)N[C@H](C)c1ccccn1)CCCC2. The quantitative estimate of drug-likeness (QED) is 0.940. The van der Waals surface area contributed by atoms with Crippen LogP contribution in [0.3, 0.4) is 0 Å². The van der Waals surface area contributed by atoms with E-state index in [-0.39, 0.29) is 11.9 Å². The van der Waals surface area contributed by atoms with Gasteiger partial charge in [0.25, 0.3) is 5.91 Å². The molecule has 0 aliphatic heterocycles. The van der Waals surface area contributed by atoms with Crippen LogP contribution in [-0.4, -0.2) is 10.9 Å². The molecule has 1 atom stereocenters. The van der Waals surface area contributed by atoms with E-state index in [9.17, 15) is 4.79 Å². The van der Waals surface area contributed by atoms with Crippen molar-refractivity contribution in [2.75, 3.05) is 0 Å². The summed E-state index contributed by atoms with van der Waals surface area (Å²) in [6.45, 7) is 3.82. The van der Waals surface area contributed by atoms with Crippen LogP contribution >= 0.6 is 0 Å². The first-order valence-electron chi connectivity index (χ1n) is 7.49. The Labute approximate surface area is 124 Å². The molecule has 1 N–H and O–H groups in total. The van der Waals surface area contributed by atoms with Crippen molar-refractivity contribution >= 4 is 5.91 Å². The van der Waals surface area contributed by atoms with Crippen molar-refractivity contribution in [1.82, 2.24) is 10.3 Å². The van der Waals surface area contributed by atoms with Crippen molar-refractivity contribution in [1.29, 1.82) is 0 Å². The second-order valence-electron chi connectivity index (χ2n) is 5.59. The Morgan fingerprint density at radius 1 is 1.33 bits per heavy atom. The highest BCUT2D eigenvalue weighted by Gasteiger charge is 2.26. The third-order valence-corrected chi connectivity index (χ3v) is 4.05. The van der Waals surface area contributed by atoms with Gasteiger partial charge >= 0.3 is 0 Å². The van der Waals surface area contributed by atoms with Gasteiger partial charge in [-0.2, -0.15) is 0 Å². The number of hydrogen-bond acceptors (Lipinski definition) is 3. The Kier molecular flexibility index (Phi) is 3.78. The number of carbonyl (C=O) groups is 1. The van der Waals surface area contributed by atoms with E-state index in [2.05, 4.69) is 10.3 Å². The lowest BCUT2D eigenvalue weighted by atomic mass is 9.94. The van der Waals surface area contributed by atoms with Gasteiger partial charge in [0.1, 0.15) is 11.5 Å². The lowest BCUT2D eigenvalue weighted by Crippen LogP contribution is -2.28. The highest BCUT2D eigenvalue weighted by atomic mass is 16.3. The molecule has 0 unspecified atom stereocenters. The van der Waals surface area contributed by atoms with Crippen molar-refractivity contribution < 1.29 is 9.21 Å². The molecule has 2 heterocycles. The minimum Gasteiger partial charge on any atom is -0.465 e. The van der Waals surface area contributed by atoms with E-state index >= 15 is 0 Å². The fraction of sp³-hybridized carbons (Fsp3) is 0.412. The van der Waals surface area contributed by atoms with Gasteiger partial charge in [0.05, 0.1) is 17.3 Å². The van der Waals surface area contributed by atoms with Crippen LogP contribution in [0.2, 0.25) is 0 Å². The van der Waals surface area contributed by atoms with Crippen molar-refractivity contribution in [2.45, 2.75) is 45.6 Å².